The van der Waals surface area contributed by atoms with Crippen LogP contribution in [0.3, 0.4) is 0 Å². The Balaban J connectivity index is 1.81. The highest BCUT2D eigenvalue weighted by Crippen LogP contribution is 2.23. The second-order valence-electron chi connectivity index (χ2n) is 4.52. The fraction of sp³-hybridized carbons (Fsp3) is 0.692. The maximum absolute atomic E-state index is 6.05. The van der Waals surface area contributed by atoms with Crippen LogP contribution in [0.1, 0.15) is 42.4 Å². The lowest BCUT2D eigenvalue weighted by Gasteiger charge is -2.28. The van der Waals surface area contributed by atoms with E-state index in [1.165, 1.54) is 22.6 Å². The van der Waals surface area contributed by atoms with E-state index in [0.717, 1.165) is 25.9 Å². The van der Waals surface area contributed by atoms with E-state index in [-0.39, 0.29) is 12.1 Å². The summed E-state index contributed by atoms with van der Waals surface area (Å²) in [5.74, 6) is 0. The SMILES string of the molecule is CCc1ccc(COC2CCCCC2N)s1. The first kappa shape index (κ1) is 12.1. The second-order valence-corrected chi connectivity index (χ2v) is 5.77. The highest BCUT2D eigenvalue weighted by molar-refractivity contribution is 7.11. The molecule has 0 saturated heterocycles. The Labute approximate surface area is 102 Å². The van der Waals surface area contributed by atoms with Gasteiger partial charge in [-0.1, -0.05) is 19.8 Å². The minimum absolute atomic E-state index is 0.249. The summed E-state index contributed by atoms with van der Waals surface area (Å²) in [7, 11) is 0. The Bertz CT molecular complexity index is 323. The third kappa shape index (κ3) is 3.06. The van der Waals surface area contributed by atoms with Crippen molar-refractivity contribution in [3.05, 3.63) is 21.9 Å². The van der Waals surface area contributed by atoms with Crippen LogP contribution in [0.5, 0.6) is 0 Å². The first-order chi connectivity index (χ1) is 7.79. The minimum atomic E-state index is 0.249. The van der Waals surface area contributed by atoms with Crippen LogP contribution in [0.15, 0.2) is 12.1 Å². The van der Waals surface area contributed by atoms with Crippen molar-refractivity contribution in [3.8, 4) is 0 Å². The van der Waals surface area contributed by atoms with Crippen molar-refractivity contribution in [1.82, 2.24) is 0 Å². The fourth-order valence-corrected chi connectivity index (χ4v) is 3.09. The zero-order chi connectivity index (χ0) is 11.4. The van der Waals surface area contributed by atoms with Crippen molar-refractivity contribution in [2.75, 3.05) is 0 Å². The third-order valence-electron chi connectivity index (χ3n) is 3.26. The summed E-state index contributed by atoms with van der Waals surface area (Å²) in [6, 6.07) is 4.63. The van der Waals surface area contributed by atoms with Gasteiger partial charge in [0.1, 0.15) is 0 Å². The van der Waals surface area contributed by atoms with Crippen molar-refractivity contribution in [2.45, 2.75) is 57.8 Å². The highest BCUT2D eigenvalue weighted by atomic mass is 32.1. The first-order valence-electron chi connectivity index (χ1n) is 6.24. The molecular formula is C13H21NOS. The number of thiophene rings is 1. The van der Waals surface area contributed by atoms with Crippen LogP contribution in [0.25, 0.3) is 0 Å². The molecule has 1 heterocycles. The lowest BCUT2D eigenvalue weighted by molar-refractivity contribution is 0.00530. The molecule has 1 saturated carbocycles. The second kappa shape index (κ2) is 5.80. The monoisotopic (exact) mass is 239 g/mol. The molecule has 1 aromatic rings. The molecule has 1 aromatic heterocycles. The highest BCUT2D eigenvalue weighted by Gasteiger charge is 2.22. The van der Waals surface area contributed by atoms with Crippen molar-refractivity contribution >= 4 is 11.3 Å². The molecule has 0 amide bonds. The van der Waals surface area contributed by atoms with Crippen LogP contribution in [0.4, 0.5) is 0 Å². The predicted octanol–water partition coefficient (Wildman–Crippen LogP) is 3.10. The maximum Gasteiger partial charge on any atom is 0.0814 e. The van der Waals surface area contributed by atoms with Gasteiger partial charge in [0.15, 0.2) is 0 Å². The molecule has 16 heavy (non-hydrogen) atoms. The Morgan fingerprint density at radius 3 is 2.75 bits per heavy atom. The third-order valence-corrected chi connectivity index (χ3v) is 4.46. The largest absolute Gasteiger partial charge is 0.371 e. The van der Waals surface area contributed by atoms with Crippen LogP contribution < -0.4 is 5.73 Å². The molecule has 3 heteroatoms. The fourth-order valence-electron chi connectivity index (χ4n) is 2.21. The number of rotatable bonds is 4. The average molecular weight is 239 g/mol. The minimum Gasteiger partial charge on any atom is -0.371 e. The van der Waals surface area contributed by atoms with E-state index in [1.54, 1.807) is 0 Å². The molecule has 2 nitrogen and oxygen atoms in total. The normalized spacial score (nSPS) is 25.9. The van der Waals surface area contributed by atoms with Crippen LogP contribution >= 0.6 is 11.3 Å². The zero-order valence-corrected chi connectivity index (χ0v) is 10.8. The van der Waals surface area contributed by atoms with Crippen molar-refractivity contribution in [3.63, 3.8) is 0 Å². The first-order valence-corrected chi connectivity index (χ1v) is 7.06. The predicted molar refractivity (Wildman–Crippen MR) is 68.7 cm³/mol. The van der Waals surface area contributed by atoms with Gasteiger partial charge in [-0.05, 0) is 31.4 Å². The summed E-state index contributed by atoms with van der Waals surface area (Å²) < 4.78 is 5.92. The van der Waals surface area contributed by atoms with Crippen LogP contribution in [0.2, 0.25) is 0 Å². The van der Waals surface area contributed by atoms with Crippen LogP contribution in [-0.2, 0) is 17.8 Å². The molecule has 0 spiro atoms. The maximum atomic E-state index is 6.05. The van der Waals surface area contributed by atoms with Gasteiger partial charge in [-0.15, -0.1) is 11.3 Å². The molecule has 0 aliphatic heterocycles. The summed E-state index contributed by atoms with van der Waals surface area (Å²) in [4.78, 5) is 2.76. The molecule has 0 bridgehead atoms. The number of aryl methyl sites for hydroxylation is 1. The quantitative estimate of drug-likeness (QED) is 0.876. The van der Waals surface area contributed by atoms with Gasteiger partial charge in [0.25, 0.3) is 0 Å². The summed E-state index contributed by atoms with van der Waals surface area (Å²) in [6.45, 7) is 2.93. The summed E-state index contributed by atoms with van der Waals surface area (Å²) in [6.07, 6.45) is 6.18. The van der Waals surface area contributed by atoms with E-state index < -0.39 is 0 Å². The standard InChI is InChI=1S/C13H21NOS/c1-2-10-7-8-11(16-10)9-15-13-6-4-3-5-12(13)14/h7-8,12-13H,2-6,9,14H2,1H3. The van der Waals surface area contributed by atoms with Gasteiger partial charge in [0, 0.05) is 15.8 Å². The smallest absolute Gasteiger partial charge is 0.0814 e. The van der Waals surface area contributed by atoms with Crippen molar-refractivity contribution in [1.29, 1.82) is 0 Å². The van der Waals surface area contributed by atoms with E-state index in [9.17, 15) is 0 Å². The van der Waals surface area contributed by atoms with Gasteiger partial charge < -0.3 is 10.5 Å². The number of hydrogen-bond acceptors (Lipinski definition) is 3. The molecule has 2 rings (SSSR count). The Morgan fingerprint density at radius 1 is 1.31 bits per heavy atom. The van der Waals surface area contributed by atoms with Gasteiger partial charge in [0.2, 0.25) is 0 Å². The number of ether oxygens (including phenoxy) is 1. The lowest BCUT2D eigenvalue weighted by atomic mass is 9.93. The van der Waals surface area contributed by atoms with Gasteiger partial charge in [-0.25, -0.2) is 0 Å². The number of nitrogens with two attached hydrogens (primary N) is 1. The zero-order valence-electron chi connectivity index (χ0n) is 9.95. The Morgan fingerprint density at radius 2 is 2.06 bits per heavy atom. The number of hydrogen-bond donors (Lipinski definition) is 1. The molecule has 0 radical (unpaired) electrons. The molecular weight excluding hydrogens is 218 g/mol. The van der Waals surface area contributed by atoms with Crippen molar-refractivity contribution in [2.24, 2.45) is 5.73 Å². The molecule has 1 fully saturated rings. The summed E-state index contributed by atoms with van der Waals surface area (Å²) in [5.41, 5.74) is 6.05. The summed E-state index contributed by atoms with van der Waals surface area (Å²) in [5, 5.41) is 0. The molecule has 1 aliphatic rings. The van der Waals surface area contributed by atoms with Gasteiger partial charge in [-0.3, -0.25) is 0 Å². The van der Waals surface area contributed by atoms with Crippen LogP contribution in [0, 0.1) is 0 Å². The molecule has 2 atom stereocenters. The van der Waals surface area contributed by atoms with E-state index in [4.69, 9.17) is 10.5 Å². The van der Waals surface area contributed by atoms with E-state index in [0.29, 0.717) is 0 Å². The van der Waals surface area contributed by atoms with Crippen LogP contribution in [-0.4, -0.2) is 12.1 Å². The van der Waals surface area contributed by atoms with E-state index >= 15 is 0 Å². The summed E-state index contributed by atoms with van der Waals surface area (Å²) >= 11 is 1.86. The Kier molecular flexibility index (Phi) is 4.38. The molecule has 1 aliphatic carbocycles. The molecule has 2 N–H and O–H groups in total. The van der Waals surface area contributed by atoms with Crippen molar-refractivity contribution < 1.29 is 4.74 Å². The average Bonchev–Trinajstić information content (AvgIpc) is 2.76. The molecule has 90 valence electrons. The van der Waals surface area contributed by atoms with Gasteiger partial charge in [-0.2, -0.15) is 0 Å². The van der Waals surface area contributed by atoms with Gasteiger partial charge >= 0.3 is 0 Å². The van der Waals surface area contributed by atoms with E-state index in [1.807, 2.05) is 11.3 Å². The lowest BCUT2D eigenvalue weighted by Crippen LogP contribution is -2.39. The Hall–Kier alpha value is -0.380. The topological polar surface area (TPSA) is 35.2 Å². The van der Waals surface area contributed by atoms with E-state index in [2.05, 4.69) is 19.1 Å². The molecule has 0 aromatic carbocycles. The molecule has 2 unspecified atom stereocenters. The van der Waals surface area contributed by atoms with Gasteiger partial charge in [0.05, 0.1) is 12.7 Å².